The molecule has 2 aromatic rings. The number of halogens is 1. The first-order valence-electron chi connectivity index (χ1n) is 9.20. The number of pyridine rings is 1. The number of aliphatic imine (C=N–C) groups is 1. The van der Waals surface area contributed by atoms with Crippen molar-refractivity contribution in [2.45, 2.75) is 32.7 Å². The number of nitrogens with zero attached hydrogens (tertiary/aromatic N) is 3. The maximum Gasteiger partial charge on any atom is 0.278 e. The Hall–Kier alpha value is -2.72. The van der Waals surface area contributed by atoms with Gasteiger partial charge in [-0.25, -0.2) is 9.98 Å². The van der Waals surface area contributed by atoms with Crippen LogP contribution in [0.3, 0.4) is 0 Å². The summed E-state index contributed by atoms with van der Waals surface area (Å²) in [4.78, 5) is 23.6. The molecule has 0 bridgehead atoms. The molecule has 0 radical (unpaired) electrons. The highest BCUT2D eigenvalue weighted by molar-refractivity contribution is 6.54. The van der Waals surface area contributed by atoms with Crippen LogP contribution in [-0.2, 0) is 4.79 Å². The number of carbonyl (C=O) groups is 1. The fourth-order valence-corrected chi connectivity index (χ4v) is 3.28. The molecule has 4 nitrogen and oxygen atoms in total. The number of amides is 1. The highest BCUT2D eigenvalue weighted by Gasteiger charge is 2.37. The van der Waals surface area contributed by atoms with E-state index in [2.05, 4.69) is 22.1 Å². The fraction of sp³-hybridized carbons (Fsp3) is 0.227. The molecule has 1 aromatic heterocycles. The molecular formula is C22H22ClN3O. The molecule has 0 fully saturated rings. The van der Waals surface area contributed by atoms with Gasteiger partial charge < -0.3 is 0 Å². The summed E-state index contributed by atoms with van der Waals surface area (Å²) in [6.07, 6.45) is 11.6. The van der Waals surface area contributed by atoms with Crippen LogP contribution < -0.4 is 4.90 Å². The van der Waals surface area contributed by atoms with E-state index in [4.69, 9.17) is 11.6 Å². The Kier molecular flexibility index (Phi) is 6.20. The van der Waals surface area contributed by atoms with Gasteiger partial charge in [0.15, 0.2) is 0 Å². The van der Waals surface area contributed by atoms with Crippen molar-refractivity contribution >= 4 is 34.6 Å². The number of carbonyl (C=O) groups excluding carboxylic acids is 1. The first-order valence-corrected chi connectivity index (χ1v) is 9.58. The third-order valence-electron chi connectivity index (χ3n) is 4.33. The van der Waals surface area contributed by atoms with Gasteiger partial charge in [0.1, 0.15) is 10.9 Å². The van der Waals surface area contributed by atoms with Crippen LogP contribution in [0.15, 0.2) is 71.9 Å². The number of para-hydroxylation sites is 1. The van der Waals surface area contributed by atoms with Gasteiger partial charge in [-0.3, -0.25) is 9.69 Å². The predicted molar refractivity (Wildman–Crippen MR) is 112 cm³/mol. The number of hydrogen-bond donors (Lipinski definition) is 0. The molecule has 27 heavy (non-hydrogen) atoms. The molecule has 0 saturated heterocycles. The van der Waals surface area contributed by atoms with E-state index in [0.29, 0.717) is 16.6 Å². The Bertz CT molecular complexity index is 900. The number of anilines is 1. The van der Waals surface area contributed by atoms with Gasteiger partial charge in [-0.2, -0.15) is 0 Å². The number of rotatable bonds is 2. The molecular weight excluding hydrogens is 358 g/mol. The predicted octanol–water partition coefficient (Wildman–Crippen LogP) is 5.50. The summed E-state index contributed by atoms with van der Waals surface area (Å²) in [6, 6.07) is 11.2. The van der Waals surface area contributed by atoms with E-state index in [1.165, 1.54) is 0 Å². The van der Waals surface area contributed by atoms with E-state index in [-0.39, 0.29) is 11.9 Å². The van der Waals surface area contributed by atoms with Gasteiger partial charge in [0, 0.05) is 5.56 Å². The Morgan fingerprint density at radius 1 is 1.15 bits per heavy atom. The van der Waals surface area contributed by atoms with E-state index < -0.39 is 0 Å². The summed E-state index contributed by atoms with van der Waals surface area (Å²) in [5, 5.41) is 0.403. The second-order valence-corrected chi connectivity index (χ2v) is 6.34. The lowest BCUT2D eigenvalue weighted by molar-refractivity contribution is -0.112. The van der Waals surface area contributed by atoms with Crippen LogP contribution in [0.4, 0.5) is 11.4 Å². The first-order chi connectivity index (χ1) is 13.2. The highest BCUT2D eigenvalue weighted by atomic mass is 35.5. The molecule has 1 atom stereocenters. The van der Waals surface area contributed by atoms with Crippen molar-refractivity contribution in [1.29, 1.82) is 0 Å². The van der Waals surface area contributed by atoms with Gasteiger partial charge in [-0.15, -0.1) is 0 Å². The van der Waals surface area contributed by atoms with Crippen LogP contribution in [0.25, 0.3) is 0 Å². The molecule has 0 spiro atoms. The average Bonchev–Trinajstić information content (AvgIpc) is 2.87. The summed E-state index contributed by atoms with van der Waals surface area (Å²) in [6.45, 7) is 4.00. The molecule has 0 saturated carbocycles. The Morgan fingerprint density at radius 2 is 1.96 bits per heavy atom. The van der Waals surface area contributed by atoms with Crippen molar-refractivity contribution in [3.63, 3.8) is 0 Å². The topological polar surface area (TPSA) is 45.6 Å². The van der Waals surface area contributed by atoms with Crippen LogP contribution in [0.2, 0.25) is 5.15 Å². The van der Waals surface area contributed by atoms with Gasteiger partial charge in [-0.05, 0) is 31.0 Å². The molecule has 1 aliphatic carbocycles. The summed E-state index contributed by atoms with van der Waals surface area (Å²) in [5.41, 5.74) is 2.82. The number of aromatic nitrogens is 1. The Balaban J connectivity index is 0.00000102. The quantitative estimate of drug-likeness (QED) is 0.646. The zero-order valence-corrected chi connectivity index (χ0v) is 16.2. The van der Waals surface area contributed by atoms with Crippen LogP contribution in [0.1, 0.15) is 32.3 Å². The molecule has 2 aliphatic rings. The third-order valence-corrected chi connectivity index (χ3v) is 4.56. The lowest BCUT2D eigenvalue weighted by atomic mass is 10.1. The average molecular weight is 380 g/mol. The highest BCUT2D eigenvalue weighted by Crippen LogP contribution is 2.34. The number of hydrogen-bond acceptors (Lipinski definition) is 3. The molecule has 5 heteroatoms. The molecule has 1 aliphatic heterocycles. The molecule has 0 N–H and O–H groups in total. The number of allylic oxidation sites excluding steroid dienone is 3. The number of benzene rings is 1. The molecule has 2 heterocycles. The van der Waals surface area contributed by atoms with Crippen molar-refractivity contribution in [3.05, 3.63) is 77.6 Å². The number of fused-ring (bicyclic) bond motifs is 1. The maximum atomic E-state index is 13.1. The molecule has 4 rings (SSSR count). The normalized spacial score (nSPS) is 19.5. The van der Waals surface area contributed by atoms with Crippen LogP contribution in [-0.4, -0.2) is 22.6 Å². The smallest absolute Gasteiger partial charge is 0.278 e. The van der Waals surface area contributed by atoms with Gasteiger partial charge in [0.25, 0.3) is 5.91 Å². The Labute approximate surface area is 164 Å². The van der Waals surface area contributed by atoms with Crippen LogP contribution >= 0.6 is 11.6 Å². The monoisotopic (exact) mass is 379 g/mol. The lowest BCUT2D eigenvalue weighted by Crippen LogP contribution is -2.38. The van der Waals surface area contributed by atoms with E-state index in [9.17, 15) is 4.79 Å². The van der Waals surface area contributed by atoms with Crippen molar-refractivity contribution in [3.8, 4) is 0 Å². The first kappa shape index (κ1) is 19.1. The standard InChI is InChI=1S/C20H16ClN3O.C2H6/c21-18-12-11-14(13-22-18)23-19-16-9-5-6-10-17(16)24(20(19)25)15-7-3-1-2-4-8-15;1-2/h1-3,5-7,9-13,15H,4,8H2;1-2H3. The van der Waals surface area contributed by atoms with Crippen molar-refractivity contribution in [2.24, 2.45) is 4.99 Å². The van der Waals surface area contributed by atoms with Gasteiger partial charge in [0.2, 0.25) is 0 Å². The zero-order valence-electron chi connectivity index (χ0n) is 15.5. The fourth-order valence-electron chi connectivity index (χ4n) is 3.17. The van der Waals surface area contributed by atoms with Gasteiger partial charge in [-0.1, -0.05) is 68.0 Å². The SMILES string of the molecule is CC.O=C1C(=Nc2ccc(Cl)nc2)c2ccccc2N1C1C=CC=CCC1. The van der Waals surface area contributed by atoms with Gasteiger partial charge in [0.05, 0.1) is 23.6 Å². The minimum absolute atomic E-state index is 0.0275. The van der Waals surface area contributed by atoms with E-state index in [0.717, 1.165) is 24.1 Å². The maximum absolute atomic E-state index is 13.1. The second kappa shape index (κ2) is 8.78. The summed E-state index contributed by atoms with van der Waals surface area (Å²) in [5.74, 6) is -0.0762. The largest absolute Gasteiger partial charge is 0.299 e. The minimum atomic E-state index is -0.0762. The van der Waals surface area contributed by atoms with Crippen LogP contribution in [0.5, 0.6) is 0 Å². The molecule has 1 unspecified atom stereocenters. The third kappa shape index (κ3) is 4.01. The van der Waals surface area contributed by atoms with Crippen molar-refractivity contribution in [2.75, 3.05) is 4.90 Å². The molecule has 1 aromatic carbocycles. The lowest BCUT2D eigenvalue weighted by Gasteiger charge is -2.25. The summed E-state index contributed by atoms with van der Waals surface area (Å²) in [7, 11) is 0. The van der Waals surface area contributed by atoms with E-state index >= 15 is 0 Å². The van der Waals surface area contributed by atoms with Crippen LogP contribution in [0, 0.1) is 0 Å². The van der Waals surface area contributed by atoms with Crippen molar-refractivity contribution < 1.29 is 4.79 Å². The summed E-state index contributed by atoms with van der Waals surface area (Å²) >= 11 is 5.83. The Morgan fingerprint density at radius 3 is 2.74 bits per heavy atom. The molecule has 1 amide bonds. The van der Waals surface area contributed by atoms with E-state index in [1.54, 1.807) is 18.3 Å². The summed E-state index contributed by atoms with van der Waals surface area (Å²) < 4.78 is 0. The molecule has 138 valence electrons. The zero-order chi connectivity index (χ0) is 19.2. The van der Waals surface area contributed by atoms with E-state index in [1.807, 2.05) is 55.2 Å². The minimum Gasteiger partial charge on any atom is -0.299 e. The second-order valence-electron chi connectivity index (χ2n) is 5.95. The van der Waals surface area contributed by atoms with Crippen molar-refractivity contribution in [1.82, 2.24) is 4.98 Å². The van der Waals surface area contributed by atoms with Gasteiger partial charge >= 0.3 is 0 Å².